The number of carbonyl (C=O) groups is 4. The number of rotatable bonds is 16. The van der Waals surface area contributed by atoms with Crippen LogP contribution in [0.4, 0.5) is 0 Å². The first-order valence-electron chi connectivity index (χ1n) is 17.2. The minimum Gasteiger partial charge on any atom is -0.508 e. The van der Waals surface area contributed by atoms with E-state index in [-0.39, 0.29) is 37.1 Å². The summed E-state index contributed by atoms with van der Waals surface area (Å²) in [4.78, 5) is 52.6. The summed E-state index contributed by atoms with van der Waals surface area (Å²) in [6.45, 7) is 0.244. The fourth-order valence-corrected chi connectivity index (χ4v) is 5.97. The summed E-state index contributed by atoms with van der Waals surface area (Å²) in [6, 6.07) is 36.6. The molecule has 0 spiro atoms. The molecule has 10 nitrogen and oxygen atoms in total. The van der Waals surface area contributed by atoms with Crippen LogP contribution in [0.1, 0.15) is 32.6 Å². The molecule has 0 heterocycles. The highest BCUT2D eigenvalue weighted by molar-refractivity contribution is 7.81. The summed E-state index contributed by atoms with van der Waals surface area (Å²) < 4.78 is 0. The molecule has 53 heavy (non-hydrogen) atoms. The second-order valence-corrected chi connectivity index (χ2v) is 13.3. The third kappa shape index (κ3) is 11.3. The Hall–Kier alpha value is -5.91. The van der Waals surface area contributed by atoms with Gasteiger partial charge in [0.2, 0.25) is 17.7 Å². The average molecular weight is 731 g/mol. The first-order chi connectivity index (χ1) is 25.5. The van der Waals surface area contributed by atoms with Crippen molar-refractivity contribution in [1.29, 1.82) is 0 Å². The number of hydrogen-bond donors (Lipinski definition) is 7. The quantitative estimate of drug-likeness (QED) is 0.0722. The van der Waals surface area contributed by atoms with E-state index in [0.29, 0.717) is 5.56 Å². The normalized spacial score (nSPS) is 13.2. The van der Waals surface area contributed by atoms with Gasteiger partial charge in [-0.05, 0) is 64.1 Å². The van der Waals surface area contributed by atoms with E-state index in [1.54, 1.807) is 24.3 Å². The smallest absolute Gasteiger partial charge is 0.335 e. The number of hydrogen-bond acceptors (Lipinski definition) is 7. The molecular formula is C42H42N4O6S. The van der Waals surface area contributed by atoms with E-state index in [9.17, 15) is 29.4 Å². The maximum absolute atomic E-state index is 14.1. The van der Waals surface area contributed by atoms with Crippen LogP contribution < -0.4 is 21.7 Å². The predicted octanol–water partition coefficient (Wildman–Crippen LogP) is 4.70. The number of aromatic carboxylic acids is 1. The van der Waals surface area contributed by atoms with Crippen molar-refractivity contribution < 1.29 is 29.4 Å². The lowest BCUT2D eigenvalue weighted by atomic mass is 9.98. The number of aromatic hydroxyl groups is 1. The number of nitrogens with two attached hydrogens (primary N) is 1. The SMILES string of the molecule is N[C@@H](Cc1ccc(C(=O)O)cc1)[C@H](S)C(=O)N[C@@H](Cc1ccc(-c2ccccc2)cc1)C(=O)N[C@@H](Cc1ccc(O)cc1)C(=O)NCc1ccccc1. The molecule has 5 aromatic rings. The molecule has 5 aromatic carbocycles. The Morgan fingerprint density at radius 3 is 1.62 bits per heavy atom. The van der Waals surface area contributed by atoms with Crippen molar-refractivity contribution in [2.75, 3.05) is 0 Å². The standard InChI is InChI=1S/C42H42N4O6S/c43-35(23-27-13-19-33(20-14-27)42(51)52)38(53)41(50)46-37(25-28-11-17-32(18-12-28)31-9-5-2-6-10-31)40(49)45-36(24-29-15-21-34(47)22-16-29)39(48)44-26-30-7-3-1-4-8-30/h1-22,35-38,47,53H,23-26,43H2,(H,44,48)(H,45,49)(H,46,50)(H,51,52)/t35-,36-,37-,38-/m0/s1. The molecule has 0 saturated carbocycles. The molecule has 7 N–H and O–H groups in total. The van der Waals surface area contributed by atoms with Crippen LogP contribution in [0.5, 0.6) is 5.75 Å². The van der Waals surface area contributed by atoms with E-state index in [0.717, 1.165) is 27.8 Å². The molecule has 0 aliphatic carbocycles. The molecule has 0 aliphatic heterocycles. The number of thiol groups is 1. The van der Waals surface area contributed by atoms with Crippen molar-refractivity contribution in [3.63, 3.8) is 0 Å². The number of carbonyl (C=O) groups excluding carboxylic acids is 3. The minimum atomic E-state index is -1.11. The molecule has 11 heteroatoms. The van der Waals surface area contributed by atoms with Crippen molar-refractivity contribution in [2.24, 2.45) is 5.73 Å². The highest BCUT2D eigenvalue weighted by Gasteiger charge is 2.30. The van der Waals surface area contributed by atoms with Gasteiger partial charge in [0.15, 0.2) is 0 Å². The van der Waals surface area contributed by atoms with Crippen LogP contribution in [0.25, 0.3) is 11.1 Å². The first kappa shape index (κ1) is 38.3. The summed E-state index contributed by atoms with van der Waals surface area (Å²) in [5.74, 6) is -2.56. The number of benzene rings is 5. The second-order valence-electron chi connectivity index (χ2n) is 12.8. The van der Waals surface area contributed by atoms with Gasteiger partial charge in [-0.15, -0.1) is 0 Å². The van der Waals surface area contributed by atoms with Crippen molar-refractivity contribution in [3.8, 4) is 16.9 Å². The lowest BCUT2D eigenvalue weighted by Gasteiger charge is -2.26. The minimum absolute atomic E-state index is 0.0701. The van der Waals surface area contributed by atoms with Crippen molar-refractivity contribution in [1.82, 2.24) is 16.0 Å². The van der Waals surface area contributed by atoms with Crippen molar-refractivity contribution >= 4 is 36.3 Å². The molecule has 0 fully saturated rings. The number of nitrogens with one attached hydrogen (secondary N) is 3. The molecule has 0 radical (unpaired) electrons. The Labute approximate surface area is 313 Å². The fraction of sp³-hybridized carbons (Fsp3) is 0.190. The van der Waals surface area contributed by atoms with Gasteiger partial charge in [0.25, 0.3) is 0 Å². The number of phenols is 1. The zero-order valence-corrected chi connectivity index (χ0v) is 29.8. The van der Waals surface area contributed by atoms with Gasteiger partial charge in [0.05, 0.1) is 10.8 Å². The fourth-order valence-electron chi connectivity index (χ4n) is 5.79. The van der Waals surface area contributed by atoms with Gasteiger partial charge in [-0.2, -0.15) is 12.6 Å². The molecule has 272 valence electrons. The Morgan fingerprint density at radius 2 is 1.04 bits per heavy atom. The maximum Gasteiger partial charge on any atom is 0.335 e. The van der Waals surface area contributed by atoms with Crippen LogP contribution in [0.3, 0.4) is 0 Å². The summed E-state index contributed by atoms with van der Waals surface area (Å²) in [6.07, 6.45) is 0.464. The van der Waals surface area contributed by atoms with Crippen LogP contribution >= 0.6 is 12.6 Å². The first-order valence-corrected chi connectivity index (χ1v) is 17.7. The molecule has 3 amide bonds. The third-order valence-electron chi connectivity index (χ3n) is 8.80. The molecule has 5 rings (SSSR count). The van der Waals surface area contributed by atoms with Gasteiger partial charge < -0.3 is 31.9 Å². The van der Waals surface area contributed by atoms with Crippen LogP contribution in [-0.2, 0) is 40.2 Å². The van der Waals surface area contributed by atoms with E-state index in [1.165, 1.54) is 24.3 Å². The van der Waals surface area contributed by atoms with Gasteiger partial charge >= 0.3 is 5.97 Å². The van der Waals surface area contributed by atoms with Crippen LogP contribution in [-0.4, -0.2) is 57.3 Å². The van der Waals surface area contributed by atoms with Crippen LogP contribution in [0, 0.1) is 0 Å². The lowest BCUT2D eigenvalue weighted by Crippen LogP contribution is -2.57. The number of amides is 3. The second kappa shape index (κ2) is 18.5. The summed E-state index contributed by atoms with van der Waals surface area (Å²) in [5, 5.41) is 26.6. The van der Waals surface area contributed by atoms with Crippen LogP contribution in [0.2, 0.25) is 0 Å². The summed E-state index contributed by atoms with van der Waals surface area (Å²) in [5.41, 5.74) is 11.6. The van der Waals surface area contributed by atoms with Gasteiger partial charge in [0, 0.05) is 25.4 Å². The average Bonchev–Trinajstić information content (AvgIpc) is 3.18. The van der Waals surface area contributed by atoms with E-state index < -0.39 is 47.1 Å². The van der Waals surface area contributed by atoms with E-state index in [2.05, 4.69) is 28.6 Å². The Bertz CT molecular complexity index is 1980. The Kier molecular flexibility index (Phi) is 13.4. The van der Waals surface area contributed by atoms with E-state index >= 15 is 0 Å². The molecule has 0 saturated heterocycles. The van der Waals surface area contributed by atoms with E-state index in [4.69, 9.17) is 5.73 Å². The topological polar surface area (TPSA) is 171 Å². The van der Waals surface area contributed by atoms with E-state index in [1.807, 2.05) is 84.9 Å². The zero-order valence-electron chi connectivity index (χ0n) is 28.9. The Morgan fingerprint density at radius 1 is 0.566 bits per heavy atom. The molecule has 4 atom stereocenters. The van der Waals surface area contributed by atoms with Gasteiger partial charge in [0.1, 0.15) is 17.8 Å². The maximum atomic E-state index is 14.1. The molecule has 0 aliphatic rings. The van der Waals surface area contributed by atoms with Gasteiger partial charge in [-0.3, -0.25) is 14.4 Å². The predicted molar refractivity (Wildman–Crippen MR) is 207 cm³/mol. The number of carboxylic acids is 1. The zero-order chi connectivity index (χ0) is 37.7. The van der Waals surface area contributed by atoms with Gasteiger partial charge in [-0.25, -0.2) is 4.79 Å². The number of phenolic OH excluding ortho intramolecular Hbond substituents is 1. The Balaban J connectivity index is 1.35. The summed E-state index contributed by atoms with van der Waals surface area (Å²) in [7, 11) is 0. The molecule has 0 unspecified atom stereocenters. The largest absolute Gasteiger partial charge is 0.508 e. The molecule has 0 aromatic heterocycles. The third-order valence-corrected chi connectivity index (χ3v) is 9.42. The molecular weight excluding hydrogens is 689 g/mol. The van der Waals surface area contributed by atoms with Gasteiger partial charge in [-0.1, -0.05) is 109 Å². The highest BCUT2D eigenvalue weighted by atomic mass is 32.1. The van der Waals surface area contributed by atoms with Crippen molar-refractivity contribution in [2.45, 2.75) is 49.2 Å². The highest BCUT2D eigenvalue weighted by Crippen LogP contribution is 2.20. The van der Waals surface area contributed by atoms with Crippen LogP contribution in [0.15, 0.2) is 133 Å². The lowest BCUT2D eigenvalue weighted by molar-refractivity contribution is -0.132. The monoisotopic (exact) mass is 730 g/mol. The number of carboxylic acid groups (broad SMARTS) is 1. The van der Waals surface area contributed by atoms with Crippen molar-refractivity contribution in [3.05, 3.63) is 161 Å². The molecule has 0 bridgehead atoms. The summed E-state index contributed by atoms with van der Waals surface area (Å²) >= 11 is 4.52.